The topological polar surface area (TPSA) is 46.1 Å². The van der Waals surface area contributed by atoms with E-state index >= 15 is 0 Å². The number of aromatic nitrogens is 2. The van der Waals surface area contributed by atoms with E-state index in [2.05, 4.69) is 36.2 Å². The fourth-order valence-electron chi connectivity index (χ4n) is 3.83. The van der Waals surface area contributed by atoms with Gasteiger partial charge in [-0.2, -0.15) is 0 Å². The van der Waals surface area contributed by atoms with E-state index in [9.17, 15) is 4.79 Å². The van der Waals surface area contributed by atoms with E-state index in [1.165, 1.54) is 5.56 Å². The van der Waals surface area contributed by atoms with Crippen molar-refractivity contribution in [3.05, 3.63) is 83.2 Å². The number of rotatable bonds is 3. The Kier molecular flexibility index (Phi) is 5.20. The summed E-state index contributed by atoms with van der Waals surface area (Å²) in [4.78, 5) is 24.3. The lowest BCUT2D eigenvalue weighted by Crippen LogP contribution is -2.39. The van der Waals surface area contributed by atoms with Gasteiger partial charge in [0.05, 0.1) is 0 Å². The standard InChI is InChI=1S/C24H25N3O/c1-17-9-11-19(12-10-17)23-25-14-13-22(26-23)20-7-5-15-27(16-20)24(28)21-8-4-3-6-18(21)2/h3-4,6,8-14,20H,5,7,15-16H2,1-2H3/t20-/m0/s1. The molecule has 1 atom stereocenters. The summed E-state index contributed by atoms with van der Waals surface area (Å²) in [5, 5.41) is 0. The second-order valence-electron chi connectivity index (χ2n) is 7.58. The van der Waals surface area contributed by atoms with Gasteiger partial charge in [0.2, 0.25) is 0 Å². The summed E-state index contributed by atoms with van der Waals surface area (Å²) < 4.78 is 0. The third kappa shape index (κ3) is 3.81. The second kappa shape index (κ2) is 7.93. The van der Waals surface area contributed by atoms with Crippen LogP contribution in [-0.2, 0) is 0 Å². The van der Waals surface area contributed by atoms with Crippen LogP contribution in [0.15, 0.2) is 60.8 Å². The van der Waals surface area contributed by atoms with Crippen LogP contribution in [0.4, 0.5) is 0 Å². The number of nitrogens with zero attached hydrogens (tertiary/aromatic N) is 3. The summed E-state index contributed by atoms with van der Waals surface area (Å²) in [6, 6.07) is 18.1. The van der Waals surface area contributed by atoms with Crippen LogP contribution in [0.2, 0.25) is 0 Å². The maximum atomic E-state index is 13.0. The van der Waals surface area contributed by atoms with Crippen LogP contribution in [0.5, 0.6) is 0 Å². The summed E-state index contributed by atoms with van der Waals surface area (Å²) >= 11 is 0. The summed E-state index contributed by atoms with van der Waals surface area (Å²) in [5.41, 5.74) is 5.09. The zero-order valence-electron chi connectivity index (χ0n) is 16.4. The van der Waals surface area contributed by atoms with Gasteiger partial charge in [0, 0.05) is 42.0 Å². The molecule has 0 bridgehead atoms. The van der Waals surface area contributed by atoms with Crippen LogP contribution in [-0.4, -0.2) is 33.9 Å². The second-order valence-corrected chi connectivity index (χ2v) is 7.58. The molecule has 0 N–H and O–H groups in total. The minimum absolute atomic E-state index is 0.121. The Balaban J connectivity index is 1.55. The molecule has 2 aromatic carbocycles. The van der Waals surface area contributed by atoms with Gasteiger partial charge in [-0.25, -0.2) is 9.97 Å². The predicted octanol–water partition coefficient (Wildman–Crippen LogP) is 4.78. The summed E-state index contributed by atoms with van der Waals surface area (Å²) in [7, 11) is 0. The fourth-order valence-corrected chi connectivity index (χ4v) is 3.83. The SMILES string of the molecule is Cc1ccc(-c2nccc([C@H]3CCCN(C(=O)c4ccccc4C)C3)n2)cc1. The average Bonchev–Trinajstić information content (AvgIpc) is 2.74. The van der Waals surface area contributed by atoms with Gasteiger partial charge in [-0.05, 0) is 44.4 Å². The molecule has 1 aromatic heterocycles. The number of likely N-dealkylation sites (tertiary alicyclic amines) is 1. The molecule has 4 rings (SSSR count). The quantitative estimate of drug-likeness (QED) is 0.666. The molecule has 0 unspecified atom stereocenters. The van der Waals surface area contributed by atoms with Crippen LogP contribution in [0.1, 0.15) is 45.9 Å². The smallest absolute Gasteiger partial charge is 0.254 e. The van der Waals surface area contributed by atoms with Gasteiger partial charge in [-0.1, -0.05) is 48.0 Å². The molecule has 1 fully saturated rings. The van der Waals surface area contributed by atoms with Crippen LogP contribution in [0, 0.1) is 13.8 Å². The maximum absolute atomic E-state index is 13.0. The molecule has 3 aromatic rings. The number of carbonyl (C=O) groups is 1. The van der Waals surface area contributed by atoms with Crippen molar-refractivity contribution < 1.29 is 4.79 Å². The van der Waals surface area contributed by atoms with Crippen molar-refractivity contribution in [3.63, 3.8) is 0 Å². The molecule has 1 aliphatic rings. The number of hydrogen-bond acceptors (Lipinski definition) is 3. The highest BCUT2D eigenvalue weighted by Crippen LogP contribution is 2.28. The molecule has 142 valence electrons. The zero-order chi connectivity index (χ0) is 19.5. The largest absolute Gasteiger partial charge is 0.338 e. The lowest BCUT2D eigenvalue weighted by molar-refractivity contribution is 0.0705. The van der Waals surface area contributed by atoms with Crippen molar-refractivity contribution >= 4 is 5.91 Å². The lowest BCUT2D eigenvalue weighted by Gasteiger charge is -2.33. The van der Waals surface area contributed by atoms with Gasteiger partial charge in [-0.3, -0.25) is 4.79 Å². The highest BCUT2D eigenvalue weighted by molar-refractivity contribution is 5.95. The van der Waals surface area contributed by atoms with E-state index in [0.717, 1.165) is 47.6 Å². The van der Waals surface area contributed by atoms with Crippen molar-refractivity contribution in [1.82, 2.24) is 14.9 Å². The number of hydrogen-bond donors (Lipinski definition) is 0. The predicted molar refractivity (Wildman–Crippen MR) is 111 cm³/mol. The number of amides is 1. The first kappa shape index (κ1) is 18.4. The normalized spacial score (nSPS) is 16.8. The van der Waals surface area contributed by atoms with Crippen molar-refractivity contribution in [2.75, 3.05) is 13.1 Å². The number of benzene rings is 2. The Morgan fingerprint density at radius 1 is 1.04 bits per heavy atom. The van der Waals surface area contributed by atoms with Crippen LogP contribution < -0.4 is 0 Å². The molecule has 1 aliphatic heterocycles. The summed E-state index contributed by atoms with van der Waals surface area (Å²) in [5.74, 6) is 1.12. The minimum atomic E-state index is 0.121. The molecule has 0 spiro atoms. The van der Waals surface area contributed by atoms with Crippen molar-refractivity contribution in [1.29, 1.82) is 0 Å². The number of carbonyl (C=O) groups excluding carboxylic acids is 1. The molecule has 1 amide bonds. The Morgan fingerprint density at radius 3 is 2.61 bits per heavy atom. The van der Waals surface area contributed by atoms with Crippen LogP contribution in [0.25, 0.3) is 11.4 Å². The summed E-state index contributed by atoms with van der Waals surface area (Å²) in [6.45, 7) is 5.58. The molecule has 0 saturated carbocycles. The third-order valence-electron chi connectivity index (χ3n) is 5.49. The molecule has 28 heavy (non-hydrogen) atoms. The highest BCUT2D eigenvalue weighted by Gasteiger charge is 2.27. The van der Waals surface area contributed by atoms with Crippen LogP contribution >= 0.6 is 0 Å². The van der Waals surface area contributed by atoms with Gasteiger partial charge in [-0.15, -0.1) is 0 Å². The van der Waals surface area contributed by atoms with E-state index < -0.39 is 0 Å². The Hall–Kier alpha value is -3.01. The van der Waals surface area contributed by atoms with E-state index in [0.29, 0.717) is 6.54 Å². The fraction of sp³-hybridized carbons (Fsp3) is 0.292. The maximum Gasteiger partial charge on any atom is 0.254 e. The minimum Gasteiger partial charge on any atom is -0.338 e. The van der Waals surface area contributed by atoms with Gasteiger partial charge in [0.1, 0.15) is 0 Å². The van der Waals surface area contributed by atoms with Crippen molar-refractivity contribution in [3.8, 4) is 11.4 Å². The van der Waals surface area contributed by atoms with Crippen molar-refractivity contribution in [2.45, 2.75) is 32.6 Å². The zero-order valence-corrected chi connectivity index (χ0v) is 16.4. The molecule has 2 heterocycles. The Labute approximate surface area is 166 Å². The van der Waals surface area contributed by atoms with E-state index in [1.54, 1.807) is 0 Å². The van der Waals surface area contributed by atoms with E-state index in [4.69, 9.17) is 4.98 Å². The number of piperidine rings is 1. The van der Waals surface area contributed by atoms with E-state index in [1.807, 2.05) is 48.4 Å². The van der Waals surface area contributed by atoms with Gasteiger partial charge in [0.15, 0.2) is 5.82 Å². The van der Waals surface area contributed by atoms with Gasteiger partial charge in [0.25, 0.3) is 5.91 Å². The van der Waals surface area contributed by atoms with Crippen molar-refractivity contribution in [2.24, 2.45) is 0 Å². The Bertz CT molecular complexity index is 981. The molecular weight excluding hydrogens is 346 g/mol. The Morgan fingerprint density at radius 2 is 1.82 bits per heavy atom. The molecular formula is C24H25N3O. The third-order valence-corrected chi connectivity index (χ3v) is 5.49. The highest BCUT2D eigenvalue weighted by atomic mass is 16.2. The lowest BCUT2D eigenvalue weighted by atomic mass is 9.93. The first-order valence-corrected chi connectivity index (χ1v) is 9.87. The van der Waals surface area contributed by atoms with Gasteiger partial charge >= 0.3 is 0 Å². The molecule has 4 nitrogen and oxygen atoms in total. The first-order chi connectivity index (χ1) is 13.6. The van der Waals surface area contributed by atoms with Gasteiger partial charge < -0.3 is 4.90 Å². The van der Waals surface area contributed by atoms with Crippen LogP contribution in [0.3, 0.4) is 0 Å². The molecule has 4 heteroatoms. The molecule has 0 aliphatic carbocycles. The monoisotopic (exact) mass is 371 g/mol. The molecule has 0 radical (unpaired) electrons. The average molecular weight is 371 g/mol. The number of aryl methyl sites for hydroxylation is 2. The van der Waals surface area contributed by atoms with E-state index in [-0.39, 0.29) is 11.8 Å². The first-order valence-electron chi connectivity index (χ1n) is 9.87. The molecule has 1 saturated heterocycles. The summed E-state index contributed by atoms with van der Waals surface area (Å²) in [6.07, 6.45) is 3.87.